The molecule has 3 aromatic rings. The highest BCUT2D eigenvalue weighted by Crippen LogP contribution is 2.48. The van der Waals surface area contributed by atoms with Gasteiger partial charge in [-0.2, -0.15) is 0 Å². The Labute approximate surface area is 217 Å². The first-order valence-corrected chi connectivity index (χ1v) is 12.8. The van der Waals surface area contributed by atoms with E-state index >= 15 is 0 Å². The first kappa shape index (κ1) is 27.3. The largest absolute Gasteiger partial charge is 0.444 e. The number of hydrogen-bond acceptors (Lipinski definition) is 5. The van der Waals surface area contributed by atoms with Crippen LogP contribution in [0, 0.1) is 0 Å². The Kier molecular flexibility index (Phi) is 9.56. The Morgan fingerprint density at radius 2 is 1.25 bits per heavy atom. The van der Waals surface area contributed by atoms with Crippen LogP contribution >= 0.6 is 11.8 Å². The molecule has 0 fully saturated rings. The molecule has 0 spiro atoms. The van der Waals surface area contributed by atoms with Crippen LogP contribution in [0.1, 0.15) is 37.5 Å². The molecule has 190 valence electrons. The number of carbonyl (C=O) groups excluding carboxylic acids is 2. The van der Waals surface area contributed by atoms with Crippen LogP contribution in [0.15, 0.2) is 91.0 Å². The lowest BCUT2D eigenvalue weighted by Crippen LogP contribution is -2.50. The third-order valence-corrected chi connectivity index (χ3v) is 7.05. The zero-order chi connectivity index (χ0) is 26.0. The third-order valence-electron chi connectivity index (χ3n) is 5.41. The molecule has 2 N–H and O–H groups in total. The van der Waals surface area contributed by atoms with Crippen molar-refractivity contribution in [2.24, 2.45) is 0 Å². The van der Waals surface area contributed by atoms with Gasteiger partial charge in [-0.15, -0.1) is 11.8 Å². The van der Waals surface area contributed by atoms with Gasteiger partial charge in [0.2, 0.25) is 5.91 Å². The van der Waals surface area contributed by atoms with E-state index in [2.05, 4.69) is 47.0 Å². The van der Waals surface area contributed by atoms with Crippen LogP contribution in [-0.2, 0) is 19.0 Å². The summed E-state index contributed by atoms with van der Waals surface area (Å²) in [6, 6.07) is 29.7. The van der Waals surface area contributed by atoms with Crippen LogP contribution in [0.3, 0.4) is 0 Å². The van der Waals surface area contributed by atoms with Crippen molar-refractivity contribution in [1.82, 2.24) is 10.6 Å². The van der Waals surface area contributed by atoms with Gasteiger partial charge in [-0.3, -0.25) is 4.79 Å². The molecule has 0 bridgehead atoms. The van der Waals surface area contributed by atoms with Gasteiger partial charge in [-0.05, 0) is 37.5 Å². The zero-order valence-corrected chi connectivity index (χ0v) is 22.0. The maximum Gasteiger partial charge on any atom is 0.408 e. The molecular weight excluding hydrogens is 472 g/mol. The molecule has 1 atom stereocenters. The van der Waals surface area contributed by atoms with E-state index in [-0.39, 0.29) is 18.4 Å². The molecule has 0 aliphatic heterocycles. The van der Waals surface area contributed by atoms with Crippen LogP contribution in [0.5, 0.6) is 0 Å². The minimum atomic E-state index is -0.851. The van der Waals surface area contributed by atoms with Crippen LogP contribution in [0.2, 0.25) is 0 Å². The Hall–Kier alpha value is -3.29. The van der Waals surface area contributed by atoms with Crippen molar-refractivity contribution in [3.8, 4) is 0 Å². The van der Waals surface area contributed by atoms with E-state index in [1.165, 1.54) is 7.11 Å². The second-order valence-electron chi connectivity index (χ2n) is 9.26. The lowest BCUT2D eigenvalue weighted by atomic mass is 9.84. The molecule has 3 rings (SSSR count). The van der Waals surface area contributed by atoms with E-state index in [0.29, 0.717) is 0 Å². The summed E-state index contributed by atoms with van der Waals surface area (Å²) in [7, 11) is 1.50. The first-order valence-electron chi connectivity index (χ1n) is 11.8. The molecule has 36 heavy (non-hydrogen) atoms. The molecule has 0 heterocycles. The molecule has 6 nitrogen and oxygen atoms in total. The number of nitrogens with one attached hydrogen (secondary N) is 2. The fourth-order valence-corrected chi connectivity index (χ4v) is 5.44. The standard InChI is InChI=1S/C29H34N2O4S/c1-28(2,3)35-27(33)31-25(26(32)30-21-34-4)20-36-29(22-14-8-5-9-15-22,23-16-10-6-11-17-23)24-18-12-7-13-19-24/h5-19,25H,20-21H2,1-4H3,(H,30,32)(H,31,33)/t25-/m0/s1. The minimum absolute atomic E-state index is 0.0389. The Morgan fingerprint density at radius 3 is 1.64 bits per heavy atom. The van der Waals surface area contributed by atoms with Gasteiger partial charge in [0, 0.05) is 12.9 Å². The monoisotopic (exact) mass is 506 g/mol. The molecule has 0 saturated carbocycles. The van der Waals surface area contributed by atoms with Gasteiger partial charge in [0.15, 0.2) is 0 Å². The summed E-state index contributed by atoms with van der Waals surface area (Å²) in [5.41, 5.74) is 2.52. The fourth-order valence-electron chi connectivity index (χ4n) is 3.88. The number of carbonyl (C=O) groups is 2. The maximum atomic E-state index is 13.1. The summed E-state index contributed by atoms with van der Waals surface area (Å²) in [6.07, 6.45) is -0.648. The Bertz CT molecular complexity index is 1010. The molecular formula is C29H34N2O4S. The number of ether oxygens (including phenoxy) is 2. The van der Waals surface area contributed by atoms with Gasteiger partial charge in [-0.1, -0.05) is 91.0 Å². The summed E-state index contributed by atoms with van der Waals surface area (Å²) >= 11 is 1.59. The second-order valence-corrected chi connectivity index (χ2v) is 10.5. The Balaban J connectivity index is 2.03. The molecule has 0 aromatic heterocycles. The van der Waals surface area contributed by atoms with Crippen LogP contribution in [0.25, 0.3) is 0 Å². The van der Waals surface area contributed by atoms with Crippen molar-refractivity contribution in [2.45, 2.75) is 37.2 Å². The van der Waals surface area contributed by atoms with Gasteiger partial charge in [0.05, 0.1) is 4.75 Å². The average molecular weight is 507 g/mol. The summed E-state index contributed by atoms with van der Waals surface area (Å²) in [5, 5.41) is 5.47. The topological polar surface area (TPSA) is 76.7 Å². The highest BCUT2D eigenvalue weighted by molar-refractivity contribution is 8.00. The number of alkyl carbamates (subject to hydrolysis) is 1. The predicted molar refractivity (Wildman–Crippen MR) is 145 cm³/mol. The molecule has 0 aliphatic carbocycles. The van der Waals surface area contributed by atoms with Crippen molar-refractivity contribution in [2.75, 3.05) is 19.6 Å². The number of hydrogen-bond donors (Lipinski definition) is 2. The lowest BCUT2D eigenvalue weighted by molar-refractivity contribution is -0.124. The third kappa shape index (κ3) is 7.12. The van der Waals surface area contributed by atoms with Gasteiger partial charge >= 0.3 is 6.09 Å². The second kappa shape index (κ2) is 12.6. The van der Waals surface area contributed by atoms with Crippen molar-refractivity contribution < 1.29 is 19.1 Å². The van der Waals surface area contributed by atoms with Crippen LogP contribution in [0.4, 0.5) is 4.79 Å². The van der Waals surface area contributed by atoms with E-state index in [1.54, 1.807) is 32.5 Å². The van der Waals surface area contributed by atoms with Gasteiger partial charge in [0.25, 0.3) is 0 Å². The molecule has 0 aliphatic rings. The molecule has 0 saturated heterocycles. The van der Waals surface area contributed by atoms with Gasteiger partial charge in [-0.25, -0.2) is 4.79 Å². The maximum absolute atomic E-state index is 13.1. The van der Waals surface area contributed by atoms with Crippen molar-refractivity contribution in [3.05, 3.63) is 108 Å². The molecule has 7 heteroatoms. The number of thioether (sulfide) groups is 1. The average Bonchev–Trinajstić information content (AvgIpc) is 2.87. The summed E-state index contributed by atoms with van der Waals surface area (Å²) < 4.78 is 9.83. The summed E-state index contributed by atoms with van der Waals surface area (Å²) in [6.45, 7) is 5.39. The van der Waals surface area contributed by atoms with E-state index in [9.17, 15) is 9.59 Å². The number of rotatable bonds is 10. The number of benzene rings is 3. The molecule has 2 amide bonds. The highest BCUT2D eigenvalue weighted by Gasteiger charge is 2.38. The first-order chi connectivity index (χ1) is 17.3. The van der Waals surface area contributed by atoms with E-state index < -0.39 is 22.5 Å². The van der Waals surface area contributed by atoms with Crippen LogP contribution < -0.4 is 10.6 Å². The summed E-state index contributed by atoms with van der Waals surface area (Å²) in [5.74, 6) is -0.0636. The fraction of sp³-hybridized carbons (Fsp3) is 0.310. The van der Waals surface area contributed by atoms with E-state index in [0.717, 1.165) is 16.7 Å². The molecule has 0 unspecified atom stereocenters. The van der Waals surface area contributed by atoms with Crippen LogP contribution in [-0.4, -0.2) is 43.2 Å². The molecule has 3 aromatic carbocycles. The van der Waals surface area contributed by atoms with E-state index in [4.69, 9.17) is 9.47 Å². The number of methoxy groups -OCH3 is 1. The van der Waals surface area contributed by atoms with Crippen molar-refractivity contribution >= 4 is 23.8 Å². The molecule has 0 radical (unpaired) electrons. The zero-order valence-electron chi connectivity index (χ0n) is 21.2. The Morgan fingerprint density at radius 1 is 0.806 bits per heavy atom. The van der Waals surface area contributed by atoms with E-state index in [1.807, 2.05) is 54.6 Å². The normalized spacial score (nSPS) is 12.4. The number of amides is 2. The minimum Gasteiger partial charge on any atom is -0.444 e. The van der Waals surface area contributed by atoms with Crippen molar-refractivity contribution in [3.63, 3.8) is 0 Å². The van der Waals surface area contributed by atoms with Crippen molar-refractivity contribution in [1.29, 1.82) is 0 Å². The smallest absolute Gasteiger partial charge is 0.408 e. The lowest BCUT2D eigenvalue weighted by Gasteiger charge is -2.36. The highest BCUT2D eigenvalue weighted by atomic mass is 32.2. The van der Waals surface area contributed by atoms with Gasteiger partial charge in [0.1, 0.15) is 18.4 Å². The SMILES string of the molecule is COCNC(=O)[C@H](CSC(c1ccccc1)(c1ccccc1)c1ccccc1)NC(=O)OC(C)(C)C. The predicted octanol–water partition coefficient (Wildman–Crippen LogP) is 5.33. The quantitative estimate of drug-likeness (QED) is 0.287. The summed E-state index contributed by atoms with van der Waals surface area (Å²) in [4.78, 5) is 25.7. The van der Waals surface area contributed by atoms with Gasteiger partial charge < -0.3 is 20.1 Å².